The molecule has 0 bridgehead atoms. The van der Waals surface area contributed by atoms with E-state index in [4.69, 9.17) is 9.73 Å². The van der Waals surface area contributed by atoms with E-state index in [1.54, 1.807) is 7.11 Å². The predicted molar refractivity (Wildman–Crippen MR) is 135 cm³/mol. The summed E-state index contributed by atoms with van der Waals surface area (Å²) in [6.45, 7) is 4.52. The van der Waals surface area contributed by atoms with Crippen molar-refractivity contribution in [2.24, 2.45) is 12.0 Å². The van der Waals surface area contributed by atoms with Gasteiger partial charge in [0, 0.05) is 31.9 Å². The van der Waals surface area contributed by atoms with Gasteiger partial charge in [-0.05, 0) is 58.0 Å². The van der Waals surface area contributed by atoms with E-state index in [1.165, 1.54) is 11.1 Å². The zero-order chi connectivity index (χ0) is 21.1. The molecule has 1 aromatic carbocycles. The second-order valence-electron chi connectivity index (χ2n) is 7.38. The lowest BCUT2D eigenvalue weighted by molar-refractivity contribution is 0.306. The number of ether oxygens (including phenoxy) is 1. The lowest BCUT2D eigenvalue weighted by Crippen LogP contribution is -2.38. The zero-order valence-electron chi connectivity index (χ0n) is 18.9. The van der Waals surface area contributed by atoms with Gasteiger partial charge in [0.05, 0.1) is 25.9 Å². The summed E-state index contributed by atoms with van der Waals surface area (Å²) in [5, 5.41) is 11.1. The lowest BCUT2D eigenvalue weighted by atomic mass is 10.1. The van der Waals surface area contributed by atoms with Gasteiger partial charge in [0.15, 0.2) is 5.96 Å². The van der Waals surface area contributed by atoms with Crippen molar-refractivity contribution in [2.75, 3.05) is 40.8 Å². The highest BCUT2D eigenvalue weighted by Gasteiger charge is 2.15. The Bertz CT molecular complexity index is 744. The quantitative estimate of drug-likeness (QED) is 0.203. The molecule has 0 amide bonds. The molecular formula is C22H37IN6O. The van der Waals surface area contributed by atoms with E-state index >= 15 is 0 Å². The molecule has 1 heterocycles. The summed E-state index contributed by atoms with van der Waals surface area (Å²) >= 11 is 0. The van der Waals surface area contributed by atoms with E-state index in [0.29, 0.717) is 6.54 Å². The van der Waals surface area contributed by atoms with Crippen LogP contribution in [0.4, 0.5) is 0 Å². The SMILES string of the molecule is CCNC(=NCC(c1cnn(C)c1)N(C)C)NCCCCc1ccc(OC)cc1.I. The summed E-state index contributed by atoms with van der Waals surface area (Å²) in [5.41, 5.74) is 2.52. The van der Waals surface area contributed by atoms with Crippen molar-refractivity contribution in [1.82, 2.24) is 25.3 Å². The highest BCUT2D eigenvalue weighted by atomic mass is 127. The third kappa shape index (κ3) is 8.91. The average molecular weight is 528 g/mol. The van der Waals surface area contributed by atoms with Gasteiger partial charge < -0.3 is 20.3 Å². The summed E-state index contributed by atoms with van der Waals surface area (Å²) in [6, 6.07) is 8.52. The molecule has 0 aliphatic rings. The van der Waals surface area contributed by atoms with E-state index in [2.05, 4.69) is 60.0 Å². The van der Waals surface area contributed by atoms with Gasteiger partial charge in [-0.2, -0.15) is 5.10 Å². The minimum Gasteiger partial charge on any atom is -0.497 e. The molecule has 0 radical (unpaired) electrons. The number of guanidine groups is 1. The molecule has 2 aromatic rings. The van der Waals surface area contributed by atoms with Crippen molar-refractivity contribution in [1.29, 1.82) is 0 Å². The Kier molecular flexibility index (Phi) is 12.4. The van der Waals surface area contributed by atoms with Crippen LogP contribution in [0, 0.1) is 0 Å². The number of rotatable bonds is 11. The van der Waals surface area contributed by atoms with E-state index < -0.39 is 0 Å². The normalized spacial score (nSPS) is 12.4. The maximum Gasteiger partial charge on any atom is 0.191 e. The standard InChI is InChI=1S/C22H36N6O.HI/c1-6-23-22(25-16-21(27(2)3)19-15-26-28(4)17-19)24-14-8-7-9-18-10-12-20(29-5)13-11-18;/h10-13,15,17,21H,6-9,14,16H2,1-5H3,(H2,23,24,25);1H. The third-order valence-electron chi connectivity index (χ3n) is 4.84. The summed E-state index contributed by atoms with van der Waals surface area (Å²) in [5.74, 6) is 1.77. The molecule has 0 saturated heterocycles. The number of nitrogens with zero attached hydrogens (tertiary/aromatic N) is 4. The molecule has 0 aliphatic heterocycles. The number of aliphatic imine (C=N–C) groups is 1. The van der Waals surface area contributed by atoms with Gasteiger partial charge in [-0.15, -0.1) is 24.0 Å². The number of methoxy groups -OCH3 is 1. The Balaban J connectivity index is 0.00000450. The number of benzene rings is 1. The average Bonchev–Trinajstić information content (AvgIpc) is 3.13. The van der Waals surface area contributed by atoms with Gasteiger partial charge >= 0.3 is 0 Å². The summed E-state index contributed by atoms with van der Waals surface area (Å²) < 4.78 is 7.04. The van der Waals surface area contributed by atoms with Crippen LogP contribution in [0.3, 0.4) is 0 Å². The van der Waals surface area contributed by atoms with Gasteiger partial charge in [-0.25, -0.2) is 0 Å². The molecule has 0 fully saturated rings. The highest BCUT2D eigenvalue weighted by Crippen LogP contribution is 2.17. The first-order valence-electron chi connectivity index (χ1n) is 10.3. The Hall–Kier alpha value is -1.81. The van der Waals surface area contributed by atoms with Gasteiger partial charge in [0.2, 0.25) is 0 Å². The van der Waals surface area contributed by atoms with Crippen molar-refractivity contribution >= 4 is 29.9 Å². The minimum atomic E-state index is 0. The first kappa shape index (κ1) is 26.2. The third-order valence-corrected chi connectivity index (χ3v) is 4.84. The highest BCUT2D eigenvalue weighted by molar-refractivity contribution is 14.0. The van der Waals surface area contributed by atoms with E-state index in [1.807, 2.05) is 30.1 Å². The molecule has 0 spiro atoms. The smallest absolute Gasteiger partial charge is 0.191 e. The van der Waals surface area contributed by atoms with Crippen LogP contribution in [0.15, 0.2) is 41.7 Å². The summed E-state index contributed by atoms with van der Waals surface area (Å²) in [4.78, 5) is 6.98. The fourth-order valence-electron chi connectivity index (χ4n) is 3.15. The lowest BCUT2D eigenvalue weighted by Gasteiger charge is -2.22. The molecule has 1 atom stereocenters. The van der Waals surface area contributed by atoms with Crippen LogP contribution in [-0.4, -0.2) is 61.5 Å². The van der Waals surface area contributed by atoms with Crippen molar-refractivity contribution in [3.05, 3.63) is 47.8 Å². The largest absolute Gasteiger partial charge is 0.497 e. The number of halogens is 1. The first-order valence-corrected chi connectivity index (χ1v) is 10.3. The van der Waals surface area contributed by atoms with Crippen LogP contribution in [0.25, 0.3) is 0 Å². The van der Waals surface area contributed by atoms with Gasteiger partial charge in [0.25, 0.3) is 0 Å². The second-order valence-corrected chi connectivity index (χ2v) is 7.38. The number of nitrogens with one attached hydrogen (secondary N) is 2. The fraction of sp³-hybridized carbons (Fsp3) is 0.545. The predicted octanol–water partition coefficient (Wildman–Crippen LogP) is 3.23. The molecular weight excluding hydrogens is 491 g/mol. The summed E-state index contributed by atoms with van der Waals surface area (Å²) in [6.07, 6.45) is 7.27. The molecule has 168 valence electrons. The molecule has 30 heavy (non-hydrogen) atoms. The van der Waals surface area contributed by atoms with Gasteiger partial charge in [0.1, 0.15) is 5.75 Å². The number of aromatic nitrogens is 2. The number of aryl methyl sites for hydroxylation is 2. The van der Waals surface area contributed by atoms with Crippen LogP contribution >= 0.6 is 24.0 Å². The second kappa shape index (κ2) is 14.2. The Morgan fingerprint density at radius 3 is 2.50 bits per heavy atom. The minimum absolute atomic E-state index is 0. The molecule has 2 rings (SSSR count). The maximum absolute atomic E-state index is 5.21. The Morgan fingerprint density at radius 2 is 1.93 bits per heavy atom. The number of unbranched alkanes of at least 4 members (excludes halogenated alkanes) is 1. The first-order chi connectivity index (χ1) is 14.0. The van der Waals surface area contributed by atoms with Crippen LogP contribution in [0.5, 0.6) is 5.75 Å². The number of hydrogen-bond acceptors (Lipinski definition) is 4. The van der Waals surface area contributed by atoms with Crippen molar-refractivity contribution in [3.8, 4) is 5.75 Å². The molecule has 1 unspecified atom stereocenters. The van der Waals surface area contributed by atoms with Crippen LogP contribution in [0.1, 0.15) is 36.9 Å². The molecule has 2 N–H and O–H groups in total. The van der Waals surface area contributed by atoms with Crippen LogP contribution in [-0.2, 0) is 13.5 Å². The monoisotopic (exact) mass is 528 g/mol. The van der Waals surface area contributed by atoms with E-state index in [9.17, 15) is 0 Å². The maximum atomic E-state index is 5.21. The van der Waals surface area contributed by atoms with Gasteiger partial charge in [-0.3, -0.25) is 9.67 Å². The van der Waals surface area contributed by atoms with Crippen molar-refractivity contribution in [3.63, 3.8) is 0 Å². The zero-order valence-corrected chi connectivity index (χ0v) is 21.2. The molecule has 8 heteroatoms. The molecule has 7 nitrogen and oxygen atoms in total. The fourth-order valence-corrected chi connectivity index (χ4v) is 3.15. The molecule has 1 aromatic heterocycles. The van der Waals surface area contributed by atoms with Crippen LogP contribution in [0.2, 0.25) is 0 Å². The summed E-state index contributed by atoms with van der Waals surface area (Å²) in [7, 11) is 7.79. The van der Waals surface area contributed by atoms with Gasteiger partial charge in [-0.1, -0.05) is 12.1 Å². The number of hydrogen-bond donors (Lipinski definition) is 2. The molecule has 0 saturated carbocycles. The number of likely N-dealkylation sites (N-methyl/N-ethyl adjacent to an activating group) is 1. The Labute approximate surface area is 198 Å². The van der Waals surface area contributed by atoms with Crippen LogP contribution < -0.4 is 15.4 Å². The van der Waals surface area contributed by atoms with Crippen molar-refractivity contribution in [2.45, 2.75) is 32.2 Å². The van der Waals surface area contributed by atoms with E-state index in [-0.39, 0.29) is 30.0 Å². The van der Waals surface area contributed by atoms with Crippen molar-refractivity contribution < 1.29 is 4.74 Å². The Morgan fingerprint density at radius 1 is 1.20 bits per heavy atom. The topological polar surface area (TPSA) is 66.7 Å². The van der Waals surface area contributed by atoms with E-state index in [0.717, 1.165) is 44.1 Å². The molecule has 0 aliphatic carbocycles.